The van der Waals surface area contributed by atoms with Crippen molar-refractivity contribution in [3.05, 3.63) is 47.8 Å². The molecule has 1 saturated heterocycles. The molecule has 1 atom stereocenters. The number of ether oxygens (including phenoxy) is 1. The Labute approximate surface area is 160 Å². The highest BCUT2D eigenvalue weighted by Gasteiger charge is 2.47. The van der Waals surface area contributed by atoms with E-state index in [0.717, 1.165) is 4.90 Å². The maximum atomic E-state index is 14.0. The van der Waals surface area contributed by atoms with E-state index in [1.165, 1.54) is 18.0 Å². The SMILES string of the molecule is COCCNC(=O)c1cn(C[C@@H]2CC(F)(F)CN2C(=O)c2ccccc2)nn1. The van der Waals surface area contributed by atoms with Gasteiger partial charge in [0.1, 0.15) is 0 Å². The van der Waals surface area contributed by atoms with Gasteiger partial charge in [-0.15, -0.1) is 5.10 Å². The van der Waals surface area contributed by atoms with Crippen LogP contribution in [0.15, 0.2) is 36.5 Å². The average molecular weight is 393 g/mol. The lowest BCUT2D eigenvalue weighted by Crippen LogP contribution is -2.38. The number of benzene rings is 1. The molecule has 3 rings (SSSR count). The van der Waals surface area contributed by atoms with Crippen molar-refractivity contribution in [3.63, 3.8) is 0 Å². The fourth-order valence-corrected chi connectivity index (χ4v) is 3.11. The molecule has 0 bridgehead atoms. The Kier molecular flexibility index (Phi) is 5.98. The van der Waals surface area contributed by atoms with E-state index in [4.69, 9.17) is 4.74 Å². The molecular formula is C18H21F2N5O3. The monoisotopic (exact) mass is 393 g/mol. The lowest BCUT2D eigenvalue weighted by Gasteiger charge is -2.23. The summed E-state index contributed by atoms with van der Waals surface area (Å²) < 4.78 is 34.2. The molecule has 1 fully saturated rings. The highest BCUT2D eigenvalue weighted by molar-refractivity contribution is 5.94. The molecule has 2 amide bonds. The van der Waals surface area contributed by atoms with Crippen LogP contribution in [0.1, 0.15) is 27.3 Å². The number of hydrogen-bond donors (Lipinski definition) is 1. The Morgan fingerprint density at radius 3 is 2.79 bits per heavy atom. The summed E-state index contributed by atoms with van der Waals surface area (Å²) in [6.07, 6.45) is 0.907. The summed E-state index contributed by atoms with van der Waals surface area (Å²) in [5.74, 6) is -3.87. The number of nitrogens with zero attached hydrogens (tertiary/aromatic N) is 4. The molecule has 0 radical (unpaired) electrons. The molecule has 28 heavy (non-hydrogen) atoms. The van der Waals surface area contributed by atoms with Crippen LogP contribution in [0, 0.1) is 0 Å². The summed E-state index contributed by atoms with van der Waals surface area (Å²) in [6.45, 7) is 0.0426. The quantitative estimate of drug-likeness (QED) is 0.714. The minimum Gasteiger partial charge on any atom is -0.383 e. The first-order chi connectivity index (χ1) is 13.4. The van der Waals surface area contributed by atoms with Crippen molar-refractivity contribution in [1.82, 2.24) is 25.2 Å². The summed E-state index contributed by atoms with van der Waals surface area (Å²) in [5.41, 5.74) is 0.420. The standard InChI is InChI=1S/C18H21F2N5O3/c1-28-8-7-21-16(26)15-11-24(23-22-15)10-14-9-18(19,20)12-25(14)17(27)13-5-3-2-4-6-13/h2-6,11,14H,7-10,12H2,1H3,(H,21,26)/t14-/m0/s1. The number of nitrogens with one attached hydrogen (secondary N) is 1. The molecule has 1 aliphatic rings. The van der Waals surface area contributed by atoms with Crippen LogP contribution in [0.5, 0.6) is 0 Å². The van der Waals surface area contributed by atoms with Crippen LogP contribution in [0.25, 0.3) is 0 Å². The van der Waals surface area contributed by atoms with Crippen LogP contribution in [0.3, 0.4) is 0 Å². The third-order valence-corrected chi connectivity index (χ3v) is 4.42. The van der Waals surface area contributed by atoms with Gasteiger partial charge in [-0.05, 0) is 12.1 Å². The molecular weight excluding hydrogens is 372 g/mol. The third-order valence-electron chi connectivity index (χ3n) is 4.42. The number of alkyl halides is 2. The number of methoxy groups -OCH3 is 1. The van der Waals surface area contributed by atoms with Gasteiger partial charge in [-0.25, -0.2) is 13.5 Å². The van der Waals surface area contributed by atoms with Gasteiger partial charge < -0.3 is 15.0 Å². The van der Waals surface area contributed by atoms with Gasteiger partial charge in [0.25, 0.3) is 17.7 Å². The number of hydrogen-bond acceptors (Lipinski definition) is 5. The fraction of sp³-hybridized carbons (Fsp3) is 0.444. The van der Waals surface area contributed by atoms with E-state index < -0.39 is 36.7 Å². The molecule has 0 spiro atoms. The van der Waals surface area contributed by atoms with Crippen molar-refractivity contribution in [2.75, 3.05) is 26.8 Å². The van der Waals surface area contributed by atoms with Crippen molar-refractivity contribution < 1.29 is 23.1 Å². The van der Waals surface area contributed by atoms with Crippen molar-refractivity contribution >= 4 is 11.8 Å². The van der Waals surface area contributed by atoms with E-state index in [9.17, 15) is 18.4 Å². The number of halogens is 2. The minimum atomic E-state index is -2.98. The molecule has 0 saturated carbocycles. The van der Waals surface area contributed by atoms with Gasteiger partial charge in [0.2, 0.25) is 0 Å². The molecule has 0 aliphatic carbocycles. The Hall–Kier alpha value is -2.88. The number of likely N-dealkylation sites (tertiary alicyclic amines) is 1. The van der Waals surface area contributed by atoms with E-state index in [-0.39, 0.29) is 12.2 Å². The van der Waals surface area contributed by atoms with E-state index in [1.807, 2.05) is 0 Å². The molecule has 150 valence electrons. The second-order valence-electron chi connectivity index (χ2n) is 6.59. The molecule has 1 aromatic heterocycles. The van der Waals surface area contributed by atoms with Crippen LogP contribution in [0.2, 0.25) is 0 Å². The molecule has 2 aromatic rings. The third kappa shape index (κ3) is 4.69. The van der Waals surface area contributed by atoms with E-state index in [0.29, 0.717) is 18.7 Å². The molecule has 2 heterocycles. The Bertz CT molecular complexity index is 828. The largest absolute Gasteiger partial charge is 0.383 e. The Morgan fingerprint density at radius 2 is 2.07 bits per heavy atom. The van der Waals surface area contributed by atoms with Crippen LogP contribution < -0.4 is 5.32 Å². The average Bonchev–Trinajstić information content (AvgIpc) is 3.26. The smallest absolute Gasteiger partial charge is 0.273 e. The van der Waals surface area contributed by atoms with Crippen molar-refractivity contribution in [1.29, 1.82) is 0 Å². The highest BCUT2D eigenvalue weighted by Crippen LogP contribution is 2.33. The van der Waals surface area contributed by atoms with Crippen LogP contribution in [-0.2, 0) is 11.3 Å². The van der Waals surface area contributed by atoms with Crippen LogP contribution in [-0.4, -0.2) is 70.5 Å². The predicted octanol–water partition coefficient (Wildman–Crippen LogP) is 1.20. The van der Waals surface area contributed by atoms with Gasteiger partial charge in [-0.3, -0.25) is 9.59 Å². The lowest BCUT2D eigenvalue weighted by molar-refractivity contribution is 0.0117. The van der Waals surface area contributed by atoms with Crippen molar-refractivity contribution in [2.45, 2.75) is 24.9 Å². The van der Waals surface area contributed by atoms with Gasteiger partial charge in [0.15, 0.2) is 5.69 Å². The summed E-state index contributed by atoms with van der Waals surface area (Å²) in [4.78, 5) is 25.8. The lowest BCUT2D eigenvalue weighted by atomic mass is 10.1. The Balaban J connectivity index is 1.69. The summed E-state index contributed by atoms with van der Waals surface area (Å²) in [7, 11) is 1.52. The normalized spacial score (nSPS) is 18.2. The molecule has 1 aromatic carbocycles. The van der Waals surface area contributed by atoms with Crippen LogP contribution >= 0.6 is 0 Å². The van der Waals surface area contributed by atoms with Crippen LogP contribution in [0.4, 0.5) is 8.78 Å². The number of carbonyl (C=O) groups excluding carboxylic acids is 2. The molecule has 1 aliphatic heterocycles. The molecule has 0 unspecified atom stereocenters. The highest BCUT2D eigenvalue weighted by atomic mass is 19.3. The topological polar surface area (TPSA) is 89.4 Å². The zero-order valence-corrected chi connectivity index (χ0v) is 15.3. The number of rotatable bonds is 7. The maximum Gasteiger partial charge on any atom is 0.273 e. The van der Waals surface area contributed by atoms with Gasteiger partial charge in [-0.1, -0.05) is 23.4 Å². The second kappa shape index (κ2) is 8.42. The summed E-state index contributed by atoms with van der Waals surface area (Å²) in [6, 6.07) is 7.54. The molecule has 8 nitrogen and oxygen atoms in total. The minimum absolute atomic E-state index is 0.0204. The van der Waals surface area contributed by atoms with E-state index in [2.05, 4.69) is 15.6 Å². The van der Waals surface area contributed by atoms with Crippen molar-refractivity contribution in [3.8, 4) is 0 Å². The molecule has 1 N–H and O–H groups in total. The number of carbonyl (C=O) groups is 2. The first kappa shape index (κ1) is 19.9. The van der Waals surface area contributed by atoms with E-state index >= 15 is 0 Å². The second-order valence-corrected chi connectivity index (χ2v) is 6.59. The fourth-order valence-electron chi connectivity index (χ4n) is 3.11. The van der Waals surface area contributed by atoms with Gasteiger partial charge in [0, 0.05) is 25.6 Å². The first-order valence-corrected chi connectivity index (χ1v) is 8.81. The Morgan fingerprint density at radius 1 is 1.32 bits per heavy atom. The van der Waals surface area contributed by atoms with Gasteiger partial charge >= 0.3 is 0 Å². The maximum absolute atomic E-state index is 14.0. The zero-order valence-electron chi connectivity index (χ0n) is 15.3. The number of amides is 2. The summed E-state index contributed by atoms with van der Waals surface area (Å²) >= 11 is 0. The predicted molar refractivity (Wildman–Crippen MR) is 95.1 cm³/mol. The molecule has 10 heteroatoms. The zero-order chi connectivity index (χ0) is 20.1. The van der Waals surface area contributed by atoms with Crippen molar-refractivity contribution in [2.24, 2.45) is 0 Å². The van der Waals surface area contributed by atoms with Gasteiger partial charge in [0.05, 0.1) is 31.9 Å². The van der Waals surface area contributed by atoms with E-state index in [1.54, 1.807) is 30.3 Å². The van der Waals surface area contributed by atoms with Gasteiger partial charge in [-0.2, -0.15) is 0 Å². The first-order valence-electron chi connectivity index (χ1n) is 8.81. The summed E-state index contributed by atoms with van der Waals surface area (Å²) in [5, 5.41) is 10.2. The number of aromatic nitrogens is 3.